The fourth-order valence-electron chi connectivity index (χ4n) is 1.40. The lowest BCUT2D eigenvalue weighted by Crippen LogP contribution is -2.34. The molecule has 1 heterocycles. The number of likely N-dealkylation sites (tertiary alicyclic amines) is 1. The first-order chi connectivity index (χ1) is 6.11. The number of hydrogen-bond donors (Lipinski definition) is 1. The zero-order valence-electron chi connectivity index (χ0n) is 7.66. The Morgan fingerprint density at radius 2 is 2.46 bits per heavy atom. The summed E-state index contributed by atoms with van der Waals surface area (Å²) in [6.45, 7) is 1.63. The van der Waals surface area contributed by atoms with Crippen LogP contribution in [0.1, 0.15) is 13.3 Å². The Kier molecular flexibility index (Phi) is 3.03. The average Bonchev–Trinajstić information content (AvgIpc) is 2.50. The highest BCUT2D eigenvalue weighted by atomic mass is 19.1. The molecule has 1 fully saturated rings. The second-order valence-corrected chi connectivity index (χ2v) is 3.32. The number of alkyl halides is 1. The highest BCUT2D eigenvalue weighted by Crippen LogP contribution is 2.24. The van der Waals surface area contributed by atoms with Gasteiger partial charge in [0.1, 0.15) is 0 Å². The first-order valence-electron chi connectivity index (χ1n) is 4.33. The van der Waals surface area contributed by atoms with Crippen molar-refractivity contribution in [3.63, 3.8) is 0 Å². The van der Waals surface area contributed by atoms with E-state index in [0.29, 0.717) is 6.54 Å². The second kappa shape index (κ2) is 3.87. The lowest BCUT2D eigenvalue weighted by Gasteiger charge is -2.17. The zero-order chi connectivity index (χ0) is 9.90. The number of allylic oxidation sites excluding steroid dienone is 1. The van der Waals surface area contributed by atoms with Crippen LogP contribution in [0.2, 0.25) is 0 Å². The van der Waals surface area contributed by atoms with Gasteiger partial charge in [0, 0.05) is 13.0 Å². The quantitative estimate of drug-likeness (QED) is 0.639. The summed E-state index contributed by atoms with van der Waals surface area (Å²) in [5, 5.41) is 8.72. The molecule has 1 aliphatic heterocycles. The molecule has 0 radical (unpaired) electrons. The maximum atomic E-state index is 13.4. The van der Waals surface area contributed by atoms with E-state index in [2.05, 4.69) is 0 Å². The van der Waals surface area contributed by atoms with Gasteiger partial charge in [0.15, 0.2) is 5.67 Å². The van der Waals surface area contributed by atoms with Crippen LogP contribution < -0.4 is 0 Å². The number of halogens is 1. The van der Waals surface area contributed by atoms with E-state index in [0.717, 1.165) is 0 Å². The van der Waals surface area contributed by atoms with E-state index < -0.39 is 12.3 Å². The molecule has 0 aromatic rings. The van der Waals surface area contributed by atoms with E-state index >= 15 is 0 Å². The first kappa shape index (κ1) is 10.2. The topological polar surface area (TPSA) is 40.5 Å². The van der Waals surface area contributed by atoms with Crippen molar-refractivity contribution < 1.29 is 14.3 Å². The molecule has 0 saturated carbocycles. The molecule has 0 bridgehead atoms. The molecule has 1 saturated heterocycles. The van der Waals surface area contributed by atoms with Crippen molar-refractivity contribution in [3.8, 4) is 0 Å². The Morgan fingerprint density at radius 3 is 2.92 bits per heavy atom. The lowest BCUT2D eigenvalue weighted by atomic mass is 10.1. The van der Waals surface area contributed by atoms with E-state index in [1.54, 1.807) is 13.0 Å². The van der Waals surface area contributed by atoms with Crippen LogP contribution >= 0.6 is 0 Å². The number of hydrogen-bond acceptors (Lipinski definition) is 2. The van der Waals surface area contributed by atoms with Gasteiger partial charge in [-0.3, -0.25) is 4.79 Å². The summed E-state index contributed by atoms with van der Waals surface area (Å²) in [5.74, 6) is -0.185. The number of carbonyl (C=O) groups excluding carboxylic acids is 1. The Hall–Kier alpha value is -0.900. The molecule has 1 N–H and O–H groups in total. The highest BCUT2D eigenvalue weighted by molar-refractivity contribution is 5.87. The van der Waals surface area contributed by atoms with E-state index in [1.165, 1.54) is 11.0 Å². The van der Waals surface area contributed by atoms with E-state index in [-0.39, 0.29) is 18.9 Å². The molecule has 3 nitrogen and oxygen atoms in total. The maximum absolute atomic E-state index is 13.4. The van der Waals surface area contributed by atoms with Gasteiger partial charge in [-0.15, -0.1) is 0 Å². The van der Waals surface area contributed by atoms with Crippen LogP contribution in [0.25, 0.3) is 0 Å². The number of amides is 1. The van der Waals surface area contributed by atoms with Crippen molar-refractivity contribution in [1.82, 2.24) is 4.90 Å². The lowest BCUT2D eigenvalue weighted by molar-refractivity contribution is -0.125. The molecule has 1 rings (SSSR count). The van der Waals surface area contributed by atoms with Gasteiger partial charge in [-0.25, -0.2) is 4.39 Å². The van der Waals surface area contributed by atoms with E-state index in [9.17, 15) is 9.18 Å². The van der Waals surface area contributed by atoms with Gasteiger partial charge in [-0.1, -0.05) is 6.08 Å². The summed E-state index contributed by atoms with van der Waals surface area (Å²) >= 11 is 0. The minimum Gasteiger partial charge on any atom is -0.393 e. The minimum absolute atomic E-state index is 0.00662. The predicted octanol–water partition coefficient (Wildman–Crippen LogP) is 0.495. The van der Waals surface area contributed by atoms with Gasteiger partial charge in [0.2, 0.25) is 5.91 Å². The largest absolute Gasteiger partial charge is 0.393 e. The normalized spacial score (nSPS) is 28.7. The molecule has 13 heavy (non-hydrogen) atoms. The molecule has 0 aromatic heterocycles. The number of rotatable bonds is 2. The van der Waals surface area contributed by atoms with E-state index in [4.69, 9.17) is 5.11 Å². The smallest absolute Gasteiger partial charge is 0.246 e. The third-order valence-corrected chi connectivity index (χ3v) is 2.21. The average molecular weight is 187 g/mol. The monoisotopic (exact) mass is 187 g/mol. The van der Waals surface area contributed by atoms with Crippen molar-refractivity contribution in [2.45, 2.75) is 19.0 Å². The summed E-state index contributed by atoms with van der Waals surface area (Å²) in [5.41, 5.74) is -1.59. The van der Waals surface area contributed by atoms with Gasteiger partial charge >= 0.3 is 0 Å². The maximum Gasteiger partial charge on any atom is 0.246 e. The van der Waals surface area contributed by atoms with Crippen LogP contribution in [0, 0.1) is 0 Å². The van der Waals surface area contributed by atoms with Crippen LogP contribution in [0.5, 0.6) is 0 Å². The van der Waals surface area contributed by atoms with Crippen molar-refractivity contribution in [2.24, 2.45) is 0 Å². The minimum atomic E-state index is -1.59. The molecule has 1 aliphatic rings. The van der Waals surface area contributed by atoms with Crippen molar-refractivity contribution >= 4 is 5.91 Å². The van der Waals surface area contributed by atoms with Crippen molar-refractivity contribution in [1.29, 1.82) is 0 Å². The van der Waals surface area contributed by atoms with Crippen LogP contribution in [0.4, 0.5) is 4.39 Å². The van der Waals surface area contributed by atoms with Gasteiger partial charge < -0.3 is 10.0 Å². The zero-order valence-corrected chi connectivity index (χ0v) is 7.66. The Morgan fingerprint density at radius 1 is 1.77 bits per heavy atom. The van der Waals surface area contributed by atoms with Gasteiger partial charge in [-0.05, 0) is 13.0 Å². The Balaban J connectivity index is 2.54. The standard InChI is InChI=1S/C9H14FNO2/c1-2-3-8(13)11-5-4-9(10,6-11)7-12/h2-3,12H,4-7H2,1H3/b3-2+. The molecular formula is C9H14FNO2. The van der Waals surface area contributed by atoms with Crippen LogP contribution in [-0.2, 0) is 4.79 Å². The molecule has 1 amide bonds. The fraction of sp³-hybridized carbons (Fsp3) is 0.667. The fourth-order valence-corrected chi connectivity index (χ4v) is 1.40. The number of nitrogens with zero attached hydrogens (tertiary/aromatic N) is 1. The predicted molar refractivity (Wildman–Crippen MR) is 46.9 cm³/mol. The van der Waals surface area contributed by atoms with Gasteiger partial charge in [0.05, 0.1) is 13.2 Å². The van der Waals surface area contributed by atoms with E-state index in [1.807, 2.05) is 0 Å². The van der Waals surface area contributed by atoms with Gasteiger partial charge in [-0.2, -0.15) is 0 Å². The molecule has 74 valence electrons. The number of carbonyl (C=O) groups is 1. The van der Waals surface area contributed by atoms with Crippen molar-refractivity contribution in [2.75, 3.05) is 19.7 Å². The van der Waals surface area contributed by atoms with Crippen LogP contribution in [0.15, 0.2) is 12.2 Å². The SMILES string of the molecule is C/C=C/C(=O)N1CCC(F)(CO)C1. The summed E-state index contributed by atoms with van der Waals surface area (Å²) in [4.78, 5) is 12.7. The highest BCUT2D eigenvalue weighted by Gasteiger charge is 2.38. The molecular weight excluding hydrogens is 173 g/mol. The third-order valence-electron chi connectivity index (χ3n) is 2.21. The van der Waals surface area contributed by atoms with Crippen LogP contribution in [0.3, 0.4) is 0 Å². The third kappa shape index (κ3) is 2.28. The molecule has 0 aliphatic carbocycles. The van der Waals surface area contributed by atoms with Gasteiger partial charge in [0.25, 0.3) is 0 Å². The van der Waals surface area contributed by atoms with Crippen LogP contribution in [-0.4, -0.2) is 41.3 Å². The molecule has 0 aromatic carbocycles. The number of aliphatic hydroxyl groups excluding tert-OH is 1. The molecule has 4 heteroatoms. The Labute approximate surface area is 76.8 Å². The summed E-state index contributed by atoms with van der Waals surface area (Å²) in [6.07, 6.45) is 3.26. The first-order valence-corrected chi connectivity index (χ1v) is 4.33. The number of aliphatic hydroxyl groups is 1. The second-order valence-electron chi connectivity index (χ2n) is 3.32. The summed E-state index contributed by atoms with van der Waals surface area (Å²) < 4.78 is 13.4. The van der Waals surface area contributed by atoms with Crippen molar-refractivity contribution in [3.05, 3.63) is 12.2 Å². The molecule has 0 spiro atoms. The molecule has 1 unspecified atom stereocenters. The Bertz CT molecular complexity index is 230. The summed E-state index contributed by atoms with van der Waals surface area (Å²) in [7, 11) is 0. The molecule has 1 atom stereocenters. The summed E-state index contributed by atoms with van der Waals surface area (Å²) in [6, 6.07) is 0.